The highest BCUT2D eigenvalue weighted by atomic mass is 16.5. The first kappa shape index (κ1) is 16.4. The van der Waals surface area contributed by atoms with Crippen molar-refractivity contribution in [2.24, 2.45) is 0 Å². The van der Waals surface area contributed by atoms with Crippen molar-refractivity contribution in [3.63, 3.8) is 0 Å². The minimum atomic E-state index is 0.408. The first-order chi connectivity index (χ1) is 10.8. The molecular formula is C19H25NO2. The van der Waals surface area contributed by atoms with Gasteiger partial charge in [-0.15, -0.1) is 0 Å². The minimum absolute atomic E-state index is 0.408. The summed E-state index contributed by atoms with van der Waals surface area (Å²) in [5.74, 6) is 1.56. The number of benzene rings is 2. The summed E-state index contributed by atoms with van der Waals surface area (Å²) in [6.45, 7) is 3.11. The number of ether oxygens (including phenoxy) is 2. The van der Waals surface area contributed by atoms with Gasteiger partial charge in [0.2, 0.25) is 0 Å². The zero-order valence-electron chi connectivity index (χ0n) is 13.6. The molecule has 1 N–H and O–H groups in total. The van der Waals surface area contributed by atoms with E-state index in [1.54, 1.807) is 14.2 Å². The van der Waals surface area contributed by atoms with Crippen LogP contribution >= 0.6 is 0 Å². The van der Waals surface area contributed by atoms with Crippen LogP contribution in [0, 0.1) is 0 Å². The third kappa shape index (κ3) is 4.50. The lowest BCUT2D eigenvalue weighted by atomic mass is 9.98. The van der Waals surface area contributed by atoms with Gasteiger partial charge in [-0.1, -0.05) is 43.3 Å². The Morgan fingerprint density at radius 2 is 1.55 bits per heavy atom. The molecule has 0 fully saturated rings. The monoisotopic (exact) mass is 299 g/mol. The van der Waals surface area contributed by atoms with Gasteiger partial charge in [0.05, 0.1) is 14.2 Å². The molecule has 0 aliphatic carbocycles. The first-order valence-corrected chi connectivity index (χ1v) is 7.75. The number of likely N-dealkylation sites (N-methyl/N-ethyl adjacent to an activating group) is 1. The molecule has 3 heteroatoms. The maximum absolute atomic E-state index is 5.39. The zero-order valence-corrected chi connectivity index (χ0v) is 13.6. The van der Waals surface area contributed by atoms with Crippen molar-refractivity contribution in [1.29, 1.82) is 0 Å². The van der Waals surface area contributed by atoms with E-state index in [0.717, 1.165) is 30.9 Å². The molecule has 0 aliphatic heterocycles. The first-order valence-electron chi connectivity index (χ1n) is 7.75. The lowest BCUT2D eigenvalue weighted by Crippen LogP contribution is -2.33. The van der Waals surface area contributed by atoms with E-state index in [-0.39, 0.29) is 0 Å². The highest BCUT2D eigenvalue weighted by molar-refractivity contribution is 5.43. The topological polar surface area (TPSA) is 30.5 Å². The van der Waals surface area contributed by atoms with Gasteiger partial charge in [0, 0.05) is 6.04 Å². The van der Waals surface area contributed by atoms with Crippen molar-refractivity contribution in [2.45, 2.75) is 25.8 Å². The highest BCUT2D eigenvalue weighted by Crippen LogP contribution is 2.28. The van der Waals surface area contributed by atoms with Gasteiger partial charge < -0.3 is 14.8 Å². The predicted octanol–water partition coefficient (Wildman–Crippen LogP) is 3.47. The molecule has 0 aromatic heterocycles. The van der Waals surface area contributed by atoms with Crippen molar-refractivity contribution in [2.75, 3.05) is 20.8 Å². The van der Waals surface area contributed by atoms with E-state index < -0.39 is 0 Å². The van der Waals surface area contributed by atoms with Crippen LogP contribution in [0.3, 0.4) is 0 Å². The van der Waals surface area contributed by atoms with Crippen molar-refractivity contribution in [1.82, 2.24) is 5.32 Å². The molecule has 0 aliphatic rings. The van der Waals surface area contributed by atoms with Crippen molar-refractivity contribution < 1.29 is 9.47 Å². The normalized spacial score (nSPS) is 12.0. The summed E-state index contributed by atoms with van der Waals surface area (Å²) in [5.41, 5.74) is 2.61. The van der Waals surface area contributed by atoms with E-state index in [9.17, 15) is 0 Å². The van der Waals surface area contributed by atoms with Crippen LogP contribution in [0.5, 0.6) is 11.5 Å². The number of nitrogens with one attached hydrogen (secondary N) is 1. The van der Waals surface area contributed by atoms with Crippen LogP contribution in [-0.4, -0.2) is 26.8 Å². The minimum Gasteiger partial charge on any atom is -0.493 e. The SMILES string of the molecule is CCNC(Cc1ccccc1)Cc1ccc(OC)c(OC)c1. The fourth-order valence-electron chi connectivity index (χ4n) is 2.70. The Hall–Kier alpha value is -2.00. The average Bonchev–Trinajstić information content (AvgIpc) is 2.56. The van der Waals surface area contributed by atoms with E-state index >= 15 is 0 Å². The van der Waals surface area contributed by atoms with Crippen LogP contribution in [0.4, 0.5) is 0 Å². The number of hydrogen-bond acceptors (Lipinski definition) is 3. The summed E-state index contributed by atoms with van der Waals surface area (Å²) in [6.07, 6.45) is 1.98. The Morgan fingerprint density at radius 1 is 0.864 bits per heavy atom. The largest absolute Gasteiger partial charge is 0.493 e. The van der Waals surface area contributed by atoms with Crippen LogP contribution in [0.2, 0.25) is 0 Å². The molecule has 0 bridgehead atoms. The van der Waals surface area contributed by atoms with Gasteiger partial charge in [0.15, 0.2) is 11.5 Å². The summed E-state index contributed by atoms with van der Waals surface area (Å²) in [5, 5.41) is 3.57. The molecule has 2 rings (SSSR count). The summed E-state index contributed by atoms with van der Waals surface area (Å²) in [6, 6.07) is 17.1. The number of hydrogen-bond donors (Lipinski definition) is 1. The van der Waals surface area contributed by atoms with Crippen molar-refractivity contribution in [3.05, 3.63) is 59.7 Å². The zero-order chi connectivity index (χ0) is 15.8. The van der Waals surface area contributed by atoms with Crippen molar-refractivity contribution >= 4 is 0 Å². The fourth-order valence-corrected chi connectivity index (χ4v) is 2.70. The molecule has 1 atom stereocenters. The predicted molar refractivity (Wildman–Crippen MR) is 90.9 cm³/mol. The summed E-state index contributed by atoms with van der Waals surface area (Å²) in [4.78, 5) is 0. The molecule has 0 saturated carbocycles. The number of rotatable bonds is 8. The second-order valence-corrected chi connectivity index (χ2v) is 5.34. The second-order valence-electron chi connectivity index (χ2n) is 5.34. The molecule has 0 amide bonds. The van der Waals surface area contributed by atoms with E-state index in [1.807, 2.05) is 6.07 Å². The van der Waals surface area contributed by atoms with E-state index in [2.05, 4.69) is 54.7 Å². The standard InChI is InChI=1S/C19H25NO2/c1-4-20-17(12-15-8-6-5-7-9-15)13-16-10-11-18(21-2)19(14-16)22-3/h5-11,14,17,20H,4,12-13H2,1-3H3. The molecule has 118 valence electrons. The molecule has 0 spiro atoms. The van der Waals surface area contributed by atoms with Gasteiger partial charge in [-0.2, -0.15) is 0 Å². The van der Waals surface area contributed by atoms with Gasteiger partial charge >= 0.3 is 0 Å². The molecule has 1 unspecified atom stereocenters. The quantitative estimate of drug-likeness (QED) is 0.809. The highest BCUT2D eigenvalue weighted by Gasteiger charge is 2.12. The van der Waals surface area contributed by atoms with Crippen LogP contribution in [0.1, 0.15) is 18.1 Å². The average molecular weight is 299 g/mol. The molecule has 2 aromatic rings. The Bertz CT molecular complexity index is 569. The number of methoxy groups -OCH3 is 2. The third-order valence-corrected chi connectivity index (χ3v) is 3.75. The third-order valence-electron chi connectivity index (χ3n) is 3.75. The summed E-state index contributed by atoms with van der Waals surface area (Å²) in [7, 11) is 3.34. The van der Waals surface area contributed by atoms with Crippen LogP contribution in [0.15, 0.2) is 48.5 Å². The van der Waals surface area contributed by atoms with Crippen molar-refractivity contribution in [3.8, 4) is 11.5 Å². The van der Waals surface area contributed by atoms with E-state index in [1.165, 1.54) is 11.1 Å². The molecule has 0 radical (unpaired) electrons. The second kappa shape index (κ2) is 8.44. The van der Waals surface area contributed by atoms with Gasteiger partial charge in [-0.3, -0.25) is 0 Å². The Balaban J connectivity index is 2.10. The van der Waals surface area contributed by atoms with Crippen LogP contribution in [0.25, 0.3) is 0 Å². The lowest BCUT2D eigenvalue weighted by molar-refractivity contribution is 0.354. The fraction of sp³-hybridized carbons (Fsp3) is 0.368. The van der Waals surface area contributed by atoms with Gasteiger partial charge in [-0.05, 0) is 42.6 Å². The lowest BCUT2D eigenvalue weighted by Gasteiger charge is -2.19. The summed E-state index contributed by atoms with van der Waals surface area (Å²) >= 11 is 0. The Labute approximate surface area is 133 Å². The smallest absolute Gasteiger partial charge is 0.160 e. The van der Waals surface area contributed by atoms with Gasteiger partial charge in [0.1, 0.15) is 0 Å². The maximum atomic E-state index is 5.39. The molecular weight excluding hydrogens is 274 g/mol. The Morgan fingerprint density at radius 3 is 2.18 bits per heavy atom. The summed E-state index contributed by atoms with van der Waals surface area (Å²) < 4.78 is 10.7. The van der Waals surface area contributed by atoms with E-state index in [4.69, 9.17) is 9.47 Å². The van der Waals surface area contributed by atoms with Gasteiger partial charge in [-0.25, -0.2) is 0 Å². The van der Waals surface area contributed by atoms with Crippen LogP contribution in [-0.2, 0) is 12.8 Å². The Kier molecular flexibility index (Phi) is 6.28. The molecule has 22 heavy (non-hydrogen) atoms. The van der Waals surface area contributed by atoms with E-state index in [0.29, 0.717) is 6.04 Å². The van der Waals surface area contributed by atoms with Gasteiger partial charge in [0.25, 0.3) is 0 Å². The molecule has 0 heterocycles. The molecule has 3 nitrogen and oxygen atoms in total. The molecule has 0 saturated heterocycles. The van der Waals surface area contributed by atoms with Crippen LogP contribution < -0.4 is 14.8 Å². The maximum Gasteiger partial charge on any atom is 0.160 e. The molecule has 2 aromatic carbocycles.